The molecular weight excluding hydrogens is 190 g/mol. The van der Waals surface area contributed by atoms with Crippen LogP contribution < -0.4 is 5.73 Å². The second-order valence-corrected chi connectivity index (χ2v) is 4.22. The van der Waals surface area contributed by atoms with E-state index in [0.717, 1.165) is 17.5 Å². The Morgan fingerprint density at radius 1 is 1.27 bits per heavy atom. The molecule has 1 atom stereocenters. The molecule has 15 heavy (non-hydrogen) atoms. The number of benzene rings is 1. The van der Waals surface area contributed by atoms with Gasteiger partial charge in [-0.15, -0.1) is 0 Å². The van der Waals surface area contributed by atoms with Crippen molar-refractivity contribution in [3.05, 3.63) is 35.4 Å². The van der Waals surface area contributed by atoms with Crippen LogP contribution in [0.2, 0.25) is 0 Å². The fourth-order valence-electron chi connectivity index (χ4n) is 1.91. The van der Waals surface area contributed by atoms with Crippen LogP contribution in [0, 0.1) is 0 Å². The fraction of sp³-hybridized carbons (Fsp3) is 0.500. The number of rotatable bonds is 3. The van der Waals surface area contributed by atoms with Gasteiger partial charge in [0.15, 0.2) is 0 Å². The molecule has 0 saturated carbocycles. The van der Waals surface area contributed by atoms with E-state index in [-0.39, 0.29) is 0 Å². The number of ether oxygens (including phenoxy) is 1. The monoisotopic (exact) mass is 207 g/mol. The highest BCUT2D eigenvalue weighted by Crippen LogP contribution is 2.23. The molecule has 1 aliphatic rings. The molecule has 0 radical (unpaired) electrons. The lowest BCUT2D eigenvalue weighted by atomic mass is 9.93. The summed E-state index contributed by atoms with van der Waals surface area (Å²) in [5.41, 5.74) is 7.12. The first kappa shape index (κ1) is 10.6. The van der Waals surface area contributed by atoms with Crippen LogP contribution in [0.3, 0.4) is 0 Å². The third-order valence-corrected chi connectivity index (χ3v) is 2.87. The molecule has 1 aromatic carbocycles. The van der Waals surface area contributed by atoms with Crippen molar-refractivity contribution in [3.8, 4) is 0 Å². The van der Waals surface area contributed by atoms with Gasteiger partial charge in [0.2, 0.25) is 0 Å². The quantitative estimate of drug-likeness (QED) is 0.772. The summed E-state index contributed by atoms with van der Waals surface area (Å²) >= 11 is 0. The Kier molecular flexibility index (Phi) is 3.05. The normalized spacial score (nSPS) is 25.7. The predicted molar refractivity (Wildman–Crippen MR) is 58.4 cm³/mol. The lowest BCUT2D eigenvalue weighted by Gasteiger charge is -2.20. The molecule has 0 spiro atoms. The van der Waals surface area contributed by atoms with E-state index in [2.05, 4.69) is 0 Å². The zero-order valence-electron chi connectivity index (χ0n) is 8.78. The van der Waals surface area contributed by atoms with Crippen LogP contribution in [0.25, 0.3) is 0 Å². The Labute approximate surface area is 89.9 Å². The van der Waals surface area contributed by atoms with Crippen LogP contribution in [0.15, 0.2) is 24.3 Å². The van der Waals surface area contributed by atoms with Crippen molar-refractivity contribution >= 4 is 0 Å². The van der Waals surface area contributed by atoms with Gasteiger partial charge >= 0.3 is 0 Å². The van der Waals surface area contributed by atoms with Gasteiger partial charge in [0.25, 0.3) is 0 Å². The first-order valence-corrected chi connectivity index (χ1v) is 5.30. The maximum Gasteiger partial charge on any atom is 0.0942 e. The minimum atomic E-state index is -0.662. The van der Waals surface area contributed by atoms with Gasteiger partial charge < -0.3 is 15.6 Å². The van der Waals surface area contributed by atoms with E-state index in [1.54, 1.807) is 0 Å². The molecule has 3 heteroatoms. The first-order chi connectivity index (χ1) is 7.22. The van der Waals surface area contributed by atoms with Gasteiger partial charge in [-0.25, -0.2) is 0 Å². The van der Waals surface area contributed by atoms with Crippen molar-refractivity contribution in [3.63, 3.8) is 0 Å². The largest absolute Gasteiger partial charge is 0.387 e. The van der Waals surface area contributed by atoms with E-state index < -0.39 is 5.60 Å². The smallest absolute Gasteiger partial charge is 0.0942 e. The molecule has 1 fully saturated rings. The van der Waals surface area contributed by atoms with Crippen LogP contribution in [0.1, 0.15) is 17.5 Å². The molecule has 0 bridgehead atoms. The van der Waals surface area contributed by atoms with Crippen LogP contribution in [0.5, 0.6) is 0 Å². The molecule has 3 N–H and O–H groups in total. The Hall–Kier alpha value is -0.900. The Balaban J connectivity index is 2.04. The van der Waals surface area contributed by atoms with Crippen molar-refractivity contribution < 1.29 is 9.84 Å². The molecule has 1 heterocycles. The van der Waals surface area contributed by atoms with Gasteiger partial charge in [0, 0.05) is 26.0 Å². The zero-order valence-corrected chi connectivity index (χ0v) is 8.78. The van der Waals surface area contributed by atoms with E-state index in [1.807, 2.05) is 24.3 Å². The average molecular weight is 207 g/mol. The van der Waals surface area contributed by atoms with Crippen molar-refractivity contribution in [2.75, 3.05) is 13.2 Å². The summed E-state index contributed by atoms with van der Waals surface area (Å²) in [5.74, 6) is 0. The van der Waals surface area contributed by atoms with Gasteiger partial charge in [0.05, 0.1) is 12.2 Å². The third kappa shape index (κ3) is 2.56. The predicted octanol–water partition coefficient (Wildman–Crippen LogP) is 0.839. The second-order valence-electron chi connectivity index (χ2n) is 4.22. The van der Waals surface area contributed by atoms with Gasteiger partial charge in [-0.3, -0.25) is 0 Å². The molecule has 1 aromatic rings. The van der Waals surface area contributed by atoms with Crippen molar-refractivity contribution in [2.24, 2.45) is 5.73 Å². The molecular formula is C12H17NO2. The number of aliphatic hydroxyl groups is 1. The Morgan fingerprint density at radius 2 is 1.93 bits per heavy atom. The molecule has 1 aliphatic heterocycles. The van der Waals surface area contributed by atoms with E-state index in [4.69, 9.17) is 10.5 Å². The summed E-state index contributed by atoms with van der Waals surface area (Å²) in [4.78, 5) is 0. The highest BCUT2D eigenvalue weighted by molar-refractivity contribution is 5.23. The minimum absolute atomic E-state index is 0.450. The molecule has 0 aliphatic carbocycles. The maximum atomic E-state index is 10.1. The molecule has 0 amide bonds. The molecule has 0 aromatic heterocycles. The molecule has 1 saturated heterocycles. The summed E-state index contributed by atoms with van der Waals surface area (Å²) in [6.45, 7) is 1.68. The van der Waals surface area contributed by atoms with Gasteiger partial charge in [-0.2, -0.15) is 0 Å². The molecule has 3 nitrogen and oxygen atoms in total. The number of hydrogen-bond acceptors (Lipinski definition) is 3. The van der Waals surface area contributed by atoms with E-state index >= 15 is 0 Å². The lowest BCUT2D eigenvalue weighted by Crippen LogP contribution is -2.31. The fourth-order valence-corrected chi connectivity index (χ4v) is 1.91. The molecule has 1 unspecified atom stereocenters. The highest BCUT2D eigenvalue weighted by atomic mass is 16.5. The number of hydrogen-bond donors (Lipinski definition) is 2. The highest BCUT2D eigenvalue weighted by Gasteiger charge is 2.32. The Morgan fingerprint density at radius 3 is 2.47 bits per heavy atom. The van der Waals surface area contributed by atoms with Crippen LogP contribution in [0.4, 0.5) is 0 Å². The second kappa shape index (κ2) is 4.31. The number of nitrogens with two attached hydrogens (primary N) is 1. The Bertz CT molecular complexity index is 315. The average Bonchev–Trinajstić information content (AvgIpc) is 2.66. The van der Waals surface area contributed by atoms with Crippen molar-refractivity contribution in [1.82, 2.24) is 0 Å². The topological polar surface area (TPSA) is 55.5 Å². The standard InChI is InChI=1S/C12H17NO2/c13-8-11-3-1-10(2-4-11)7-12(14)5-6-15-9-12/h1-4,14H,5-9,13H2. The maximum absolute atomic E-state index is 10.1. The summed E-state index contributed by atoms with van der Waals surface area (Å²) < 4.78 is 5.21. The van der Waals surface area contributed by atoms with Crippen LogP contribution in [-0.4, -0.2) is 23.9 Å². The summed E-state index contributed by atoms with van der Waals surface area (Å²) in [7, 11) is 0. The zero-order chi connectivity index (χ0) is 10.7. The SMILES string of the molecule is NCc1ccc(CC2(O)CCOC2)cc1. The van der Waals surface area contributed by atoms with E-state index in [9.17, 15) is 5.11 Å². The van der Waals surface area contributed by atoms with Crippen molar-refractivity contribution in [1.29, 1.82) is 0 Å². The molecule has 82 valence electrons. The minimum Gasteiger partial charge on any atom is -0.387 e. The van der Waals surface area contributed by atoms with E-state index in [0.29, 0.717) is 26.2 Å². The van der Waals surface area contributed by atoms with Crippen molar-refractivity contribution in [2.45, 2.75) is 25.0 Å². The van der Waals surface area contributed by atoms with Gasteiger partial charge in [-0.05, 0) is 11.1 Å². The van der Waals surface area contributed by atoms with Crippen LogP contribution >= 0.6 is 0 Å². The van der Waals surface area contributed by atoms with E-state index in [1.165, 1.54) is 0 Å². The van der Waals surface area contributed by atoms with Gasteiger partial charge in [0.1, 0.15) is 0 Å². The summed E-state index contributed by atoms with van der Waals surface area (Å²) in [6, 6.07) is 8.07. The summed E-state index contributed by atoms with van der Waals surface area (Å²) in [5, 5.41) is 10.1. The third-order valence-electron chi connectivity index (χ3n) is 2.87. The van der Waals surface area contributed by atoms with Gasteiger partial charge in [-0.1, -0.05) is 24.3 Å². The first-order valence-electron chi connectivity index (χ1n) is 5.30. The van der Waals surface area contributed by atoms with Crippen LogP contribution in [-0.2, 0) is 17.7 Å². The molecule has 2 rings (SSSR count). The summed E-state index contributed by atoms with van der Waals surface area (Å²) in [6.07, 6.45) is 1.39. The lowest BCUT2D eigenvalue weighted by molar-refractivity contribution is 0.0270.